The number of nitrogens with one attached hydrogen (secondary N) is 1. The van der Waals surface area contributed by atoms with Gasteiger partial charge in [0, 0.05) is 12.1 Å². The van der Waals surface area contributed by atoms with Crippen LogP contribution in [0.25, 0.3) is 21.7 Å². The maximum absolute atomic E-state index is 12.3. The lowest BCUT2D eigenvalue weighted by Crippen LogP contribution is -2.10. The first-order chi connectivity index (χ1) is 11.2. The Bertz CT molecular complexity index is 1050. The molecule has 2 aromatic heterocycles. The van der Waals surface area contributed by atoms with E-state index >= 15 is 0 Å². The van der Waals surface area contributed by atoms with E-state index in [0.29, 0.717) is 38.2 Å². The van der Waals surface area contributed by atoms with Crippen LogP contribution in [0.15, 0.2) is 35.6 Å². The summed E-state index contributed by atoms with van der Waals surface area (Å²) in [6, 6.07) is 5.42. The molecule has 8 heteroatoms. The molecule has 0 fully saturated rings. The molecular formula is C15H11N3O3S2. The van der Waals surface area contributed by atoms with Crippen molar-refractivity contribution in [2.45, 2.75) is 6.54 Å². The monoisotopic (exact) mass is 345 g/mol. The van der Waals surface area contributed by atoms with E-state index in [1.165, 1.54) is 11.3 Å². The third-order valence-electron chi connectivity index (χ3n) is 3.48. The van der Waals surface area contributed by atoms with Crippen molar-refractivity contribution in [3.05, 3.63) is 45.2 Å². The molecular weight excluding hydrogens is 334 g/mol. The first-order valence-corrected chi connectivity index (χ1v) is 8.04. The number of allylic oxidation sites excluding steroid dienone is 1. The summed E-state index contributed by atoms with van der Waals surface area (Å²) in [5.41, 5.74) is 1.11. The van der Waals surface area contributed by atoms with Crippen LogP contribution in [-0.4, -0.2) is 21.3 Å². The highest BCUT2D eigenvalue weighted by molar-refractivity contribution is 7.73. The molecule has 0 unspecified atom stereocenters. The number of fused-ring (bicyclic) bond motifs is 2. The summed E-state index contributed by atoms with van der Waals surface area (Å²) in [6.45, 7) is 4.43. The first kappa shape index (κ1) is 14.2. The molecule has 1 aromatic carbocycles. The maximum Gasteiger partial charge on any atom is 0.270 e. The Labute approximate surface area is 139 Å². The molecule has 1 aliphatic rings. The van der Waals surface area contributed by atoms with E-state index in [4.69, 9.17) is 21.7 Å². The first-order valence-electron chi connectivity index (χ1n) is 6.82. The zero-order chi connectivity index (χ0) is 16.0. The molecule has 0 aliphatic carbocycles. The summed E-state index contributed by atoms with van der Waals surface area (Å²) >= 11 is 6.56. The van der Waals surface area contributed by atoms with E-state index < -0.39 is 0 Å². The second kappa shape index (κ2) is 5.32. The zero-order valence-electron chi connectivity index (χ0n) is 11.9. The molecule has 0 saturated heterocycles. The molecule has 0 bridgehead atoms. The predicted octanol–water partition coefficient (Wildman–Crippen LogP) is 3.10. The predicted molar refractivity (Wildman–Crippen MR) is 90.8 cm³/mol. The van der Waals surface area contributed by atoms with Gasteiger partial charge >= 0.3 is 0 Å². The molecule has 3 aromatic rings. The number of hydrogen-bond acceptors (Lipinski definition) is 6. The van der Waals surface area contributed by atoms with E-state index in [1.54, 1.807) is 22.8 Å². The van der Waals surface area contributed by atoms with Crippen LogP contribution in [0.1, 0.15) is 0 Å². The average Bonchev–Trinajstić information content (AvgIpc) is 3.13. The Morgan fingerprint density at radius 3 is 3.09 bits per heavy atom. The smallest absolute Gasteiger partial charge is 0.270 e. The standard InChI is InChI=1S/C15H11N3O3S2/c1-2-5-18-13-11(23-15(18)22)14(19)17-12(16-13)8-3-4-9-10(6-8)21-7-20-9/h2-4,6H,1,5,7H2,(H,16,17,19). The molecule has 116 valence electrons. The van der Waals surface area contributed by atoms with Gasteiger partial charge < -0.3 is 19.0 Å². The van der Waals surface area contributed by atoms with E-state index in [1.807, 2.05) is 6.07 Å². The van der Waals surface area contributed by atoms with Gasteiger partial charge in [0.2, 0.25) is 6.79 Å². The number of thiazole rings is 1. The summed E-state index contributed by atoms with van der Waals surface area (Å²) in [5.74, 6) is 1.78. The van der Waals surface area contributed by atoms with Crippen LogP contribution in [-0.2, 0) is 6.54 Å². The number of nitrogens with zero attached hydrogens (tertiary/aromatic N) is 2. The van der Waals surface area contributed by atoms with E-state index in [9.17, 15) is 4.79 Å². The summed E-state index contributed by atoms with van der Waals surface area (Å²) in [5, 5.41) is 0. The van der Waals surface area contributed by atoms with Crippen molar-refractivity contribution in [3.63, 3.8) is 0 Å². The SMILES string of the molecule is C=CCn1c(=S)sc2c(=O)[nH]c(-c3ccc4c(c3)OCO4)nc21. The van der Waals surface area contributed by atoms with Crippen LogP contribution < -0.4 is 15.0 Å². The van der Waals surface area contributed by atoms with Gasteiger partial charge in [0.25, 0.3) is 5.56 Å². The molecule has 1 N–H and O–H groups in total. The minimum atomic E-state index is -0.207. The van der Waals surface area contributed by atoms with Gasteiger partial charge in [-0.25, -0.2) is 4.98 Å². The van der Waals surface area contributed by atoms with Crippen LogP contribution in [0.5, 0.6) is 11.5 Å². The number of H-pyrrole nitrogens is 1. The Balaban J connectivity index is 1.94. The van der Waals surface area contributed by atoms with Gasteiger partial charge in [0.1, 0.15) is 10.5 Å². The van der Waals surface area contributed by atoms with Crippen LogP contribution >= 0.6 is 23.6 Å². The van der Waals surface area contributed by atoms with Crippen molar-refractivity contribution in [1.29, 1.82) is 0 Å². The fourth-order valence-electron chi connectivity index (χ4n) is 2.42. The molecule has 0 amide bonds. The number of benzene rings is 1. The molecule has 1 aliphatic heterocycles. The Morgan fingerprint density at radius 2 is 2.26 bits per heavy atom. The minimum Gasteiger partial charge on any atom is -0.454 e. The summed E-state index contributed by atoms with van der Waals surface area (Å²) < 4.78 is 13.6. The lowest BCUT2D eigenvalue weighted by Gasteiger charge is -2.04. The highest BCUT2D eigenvalue weighted by Crippen LogP contribution is 2.35. The second-order valence-corrected chi connectivity index (χ2v) is 6.55. The fraction of sp³-hybridized carbons (Fsp3) is 0.133. The Kier molecular flexibility index (Phi) is 3.28. The topological polar surface area (TPSA) is 69.1 Å². The molecule has 4 rings (SSSR count). The number of aromatic amines is 1. The number of ether oxygens (including phenoxy) is 2. The van der Waals surface area contributed by atoms with Crippen LogP contribution in [0.2, 0.25) is 0 Å². The zero-order valence-corrected chi connectivity index (χ0v) is 13.5. The number of aromatic nitrogens is 3. The summed E-state index contributed by atoms with van der Waals surface area (Å²) in [4.78, 5) is 19.7. The van der Waals surface area contributed by atoms with E-state index in [0.717, 1.165) is 5.56 Å². The molecule has 6 nitrogen and oxygen atoms in total. The molecule has 0 spiro atoms. The van der Waals surface area contributed by atoms with Crippen molar-refractivity contribution in [2.24, 2.45) is 0 Å². The van der Waals surface area contributed by atoms with Crippen molar-refractivity contribution >= 4 is 33.9 Å². The third-order valence-corrected chi connectivity index (χ3v) is 4.92. The lowest BCUT2D eigenvalue weighted by atomic mass is 10.2. The van der Waals surface area contributed by atoms with Crippen LogP contribution in [0.4, 0.5) is 0 Å². The normalized spacial score (nSPS) is 12.7. The van der Waals surface area contributed by atoms with Gasteiger partial charge in [-0.05, 0) is 30.4 Å². The van der Waals surface area contributed by atoms with Gasteiger partial charge in [0.05, 0.1) is 0 Å². The minimum absolute atomic E-state index is 0.199. The number of hydrogen-bond donors (Lipinski definition) is 1. The summed E-state index contributed by atoms with van der Waals surface area (Å²) in [7, 11) is 0. The molecule has 0 atom stereocenters. The average molecular weight is 345 g/mol. The third kappa shape index (κ3) is 2.27. The van der Waals surface area contributed by atoms with Crippen molar-refractivity contribution < 1.29 is 9.47 Å². The van der Waals surface area contributed by atoms with Gasteiger partial charge in [0.15, 0.2) is 21.1 Å². The molecule has 3 heterocycles. The van der Waals surface area contributed by atoms with Crippen molar-refractivity contribution in [3.8, 4) is 22.9 Å². The molecule has 0 saturated carbocycles. The van der Waals surface area contributed by atoms with E-state index in [2.05, 4.69) is 16.5 Å². The summed E-state index contributed by atoms with van der Waals surface area (Å²) in [6.07, 6.45) is 1.73. The highest BCUT2D eigenvalue weighted by atomic mass is 32.1. The van der Waals surface area contributed by atoms with Crippen LogP contribution in [0, 0.1) is 3.95 Å². The largest absolute Gasteiger partial charge is 0.454 e. The molecule has 0 radical (unpaired) electrons. The molecule has 23 heavy (non-hydrogen) atoms. The fourth-order valence-corrected chi connectivity index (χ4v) is 3.67. The maximum atomic E-state index is 12.3. The van der Waals surface area contributed by atoms with Gasteiger partial charge in [-0.2, -0.15) is 0 Å². The van der Waals surface area contributed by atoms with Gasteiger partial charge in [-0.3, -0.25) is 4.79 Å². The van der Waals surface area contributed by atoms with Gasteiger partial charge in [-0.15, -0.1) is 6.58 Å². The quantitative estimate of drug-likeness (QED) is 0.583. The van der Waals surface area contributed by atoms with Crippen molar-refractivity contribution in [1.82, 2.24) is 14.5 Å². The Hall–Kier alpha value is -2.45. The van der Waals surface area contributed by atoms with Gasteiger partial charge in [-0.1, -0.05) is 17.4 Å². The number of rotatable bonds is 3. The van der Waals surface area contributed by atoms with E-state index in [-0.39, 0.29) is 12.4 Å². The van der Waals surface area contributed by atoms with Crippen LogP contribution in [0.3, 0.4) is 0 Å². The second-order valence-electron chi connectivity index (χ2n) is 4.90. The van der Waals surface area contributed by atoms with Crippen molar-refractivity contribution in [2.75, 3.05) is 6.79 Å². The highest BCUT2D eigenvalue weighted by Gasteiger charge is 2.17. The lowest BCUT2D eigenvalue weighted by molar-refractivity contribution is 0.174. The Morgan fingerprint density at radius 1 is 1.43 bits per heavy atom.